The Morgan fingerprint density at radius 3 is 2.71 bits per heavy atom. The van der Waals surface area contributed by atoms with Gasteiger partial charge in [0.15, 0.2) is 0 Å². The van der Waals surface area contributed by atoms with Crippen molar-refractivity contribution in [2.24, 2.45) is 7.05 Å². The van der Waals surface area contributed by atoms with Gasteiger partial charge >= 0.3 is 6.18 Å². The molecule has 0 atom stereocenters. The van der Waals surface area contributed by atoms with Gasteiger partial charge in [-0.15, -0.1) is 10.2 Å². The molecule has 0 aliphatic heterocycles. The molecule has 9 nitrogen and oxygen atoms in total. The zero-order valence-electron chi connectivity index (χ0n) is 17.7. The van der Waals surface area contributed by atoms with E-state index in [9.17, 15) is 18.0 Å². The van der Waals surface area contributed by atoms with Crippen LogP contribution in [0.1, 0.15) is 15.9 Å². The Hall–Kier alpha value is -3.97. The van der Waals surface area contributed by atoms with Crippen LogP contribution in [0, 0.1) is 0 Å². The highest BCUT2D eigenvalue weighted by atomic mass is 35.5. The lowest BCUT2D eigenvalue weighted by atomic mass is 10.1. The maximum atomic E-state index is 13.6. The lowest BCUT2D eigenvalue weighted by molar-refractivity contribution is -0.136. The molecule has 3 N–H and O–H groups in total. The minimum absolute atomic E-state index is 0.125. The van der Waals surface area contributed by atoms with Crippen LogP contribution >= 0.6 is 22.9 Å². The van der Waals surface area contributed by atoms with Gasteiger partial charge in [0.25, 0.3) is 5.91 Å². The predicted molar refractivity (Wildman–Crippen MR) is 126 cm³/mol. The van der Waals surface area contributed by atoms with Crippen molar-refractivity contribution < 1.29 is 18.0 Å². The highest BCUT2D eigenvalue weighted by molar-refractivity contribution is 7.18. The first-order chi connectivity index (χ1) is 16.7. The van der Waals surface area contributed by atoms with Crippen LogP contribution < -0.4 is 10.6 Å². The van der Waals surface area contributed by atoms with Crippen molar-refractivity contribution in [2.45, 2.75) is 6.18 Å². The number of fused-ring (bicyclic) bond motifs is 1. The number of amides is 1. The summed E-state index contributed by atoms with van der Waals surface area (Å²) in [6.07, 6.45) is -0.410. The molecular weight excluding hydrogens is 505 g/mol. The molecule has 0 aliphatic rings. The Labute approximate surface area is 203 Å². The maximum Gasteiger partial charge on any atom is 0.418 e. The fourth-order valence-corrected chi connectivity index (χ4v) is 4.36. The number of halogens is 4. The molecule has 0 bridgehead atoms. The fourth-order valence-electron chi connectivity index (χ4n) is 3.35. The van der Waals surface area contributed by atoms with Gasteiger partial charge in [0.1, 0.15) is 5.01 Å². The van der Waals surface area contributed by atoms with E-state index in [4.69, 9.17) is 11.6 Å². The minimum atomic E-state index is -4.67. The first-order valence-electron chi connectivity index (χ1n) is 9.93. The van der Waals surface area contributed by atoms with E-state index in [0.29, 0.717) is 26.4 Å². The summed E-state index contributed by atoms with van der Waals surface area (Å²) >= 11 is 7.53. The second-order valence-corrected chi connectivity index (χ2v) is 8.77. The first kappa shape index (κ1) is 22.8. The van der Waals surface area contributed by atoms with Crippen LogP contribution in [0.4, 0.5) is 29.7 Å². The normalized spacial score (nSPS) is 11.7. The number of H-pyrrole nitrogens is 1. The largest absolute Gasteiger partial charge is 0.418 e. The first-order valence-corrected chi connectivity index (χ1v) is 11.1. The highest BCUT2D eigenvalue weighted by Gasteiger charge is 2.34. The van der Waals surface area contributed by atoms with Gasteiger partial charge in [-0.05, 0) is 24.3 Å². The smallest absolute Gasteiger partial charge is 0.329 e. The number of benzene rings is 2. The Kier molecular flexibility index (Phi) is 5.65. The number of aryl methyl sites for hydroxylation is 1. The van der Waals surface area contributed by atoms with Gasteiger partial charge in [-0.25, -0.2) is 0 Å². The molecule has 0 radical (unpaired) electrons. The third-order valence-corrected chi connectivity index (χ3v) is 6.31. The average molecular weight is 519 g/mol. The van der Waals surface area contributed by atoms with E-state index in [1.807, 2.05) is 0 Å². The molecule has 5 aromatic rings. The molecule has 3 heterocycles. The number of carbonyl (C=O) groups excluding carboxylic acids is 1. The number of hydrogen-bond acceptors (Lipinski definition) is 7. The Morgan fingerprint density at radius 2 is 1.97 bits per heavy atom. The van der Waals surface area contributed by atoms with Crippen LogP contribution in [0.5, 0.6) is 0 Å². The zero-order chi connectivity index (χ0) is 24.7. The van der Waals surface area contributed by atoms with Crippen LogP contribution in [0.2, 0.25) is 5.02 Å². The number of alkyl halides is 3. The van der Waals surface area contributed by atoms with Gasteiger partial charge in [-0.1, -0.05) is 29.0 Å². The van der Waals surface area contributed by atoms with Gasteiger partial charge in [-0.3, -0.25) is 14.6 Å². The quantitative estimate of drug-likeness (QED) is 0.284. The molecule has 35 heavy (non-hydrogen) atoms. The third kappa shape index (κ3) is 4.55. The van der Waals surface area contributed by atoms with E-state index in [2.05, 4.69) is 36.1 Å². The van der Waals surface area contributed by atoms with Crippen molar-refractivity contribution in [3.05, 3.63) is 65.1 Å². The second kappa shape index (κ2) is 8.67. The summed E-state index contributed by atoms with van der Waals surface area (Å²) in [5.74, 6) is -0.718. The van der Waals surface area contributed by atoms with Crippen LogP contribution in [0.15, 0.2) is 48.9 Å². The van der Waals surface area contributed by atoms with Crippen LogP contribution in [0.3, 0.4) is 0 Å². The Bertz CT molecular complexity index is 1560. The van der Waals surface area contributed by atoms with Crippen molar-refractivity contribution >= 4 is 56.3 Å². The molecule has 0 saturated carbocycles. The molecule has 178 valence electrons. The number of aromatic amines is 1. The average Bonchev–Trinajstić information content (AvgIpc) is 3.56. The van der Waals surface area contributed by atoms with Crippen molar-refractivity contribution in [3.8, 4) is 10.6 Å². The summed E-state index contributed by atoms with van der Waals surface area (Å²) in [4.78, 5) is 12.5. The fraction of sp³-hybridized carbons (Fsp3) is 0.0952. The summed E-state index contributed by atoms with van der Waals surface area (Å²) in [5, 5.41) is 26.0. The number of hydrogen-bond donors (Lipinski definition) is 3. The van der Waals surface area contributed by atoms with Crippen LogP contribution in [-0.2, 0) is 13.2 Å². The molecule has 3 aromatic heterocycles. The molecule has 0 unspecified atom stereocenters. The molecule has 0 spiro atoms. The molecule has 2 aromatic carbocycles. The molecule has 0 aliphatic carbocycles. The van der Waals surface area contributed by atoms with E-state index >= 15 is 0 Å². The molecular formula is C21H14ClF3N8OS. The van der Waals surface area contributed by atoms with Gasteiger partial charge in [-0.2, -0.15) is 23.4 Å². The number of aromatic nitrogens is 6. The van der Waals surface area contributed by atoms with E-state index in [1.165, 1.54) is 29.2 Å². The van der Waals surface area contributed by atoms with E-state index in [1.54, 1.807) is 25.4 Å². The summed E-state index contributed by atoms with van der Waals surface area (Å²) in [7, 11) is 1.60. The van der Waals surface area contributed by atoms with Gasteiger partial charge in [0.2, 0.25) is 5.13 Å². The SMILES string of the molecule is Cn1cc(C(=O)Nc2cc(-c3nnc(Nc4ccc5[nH]ncc5c4Cl)s3)ccc2C(F)(F)F)cn1. The molecule has 14 heteroatoms. The van der Waals surface area contributed by atoms with E-state index in [-0.39, 0.29) is 5.56 Å². The summed E-state index contributed by atoms with van der Waals surface area (Å²) in [5.41, 5.74) is 0.425. The van der Waals surface area contributed by atoms with Crippen molar-refractivity contribution in [1.29, 1.82) is 0 Å². The number of nitrogens with zero attached hydrogens (tertiary/aromatic N) is 5. The topological polar surface area (TPSA) is 113 Å². The maximum absolute atomic E-state index is 13.6. The van der Waals surface area contributed by atoms with Crippen molar-refractivity contribution in [1.82, 2.24) is 30.2 Å². The lowest BCUT2D eigenvalue weighted by Gasteiger charge is -2.14. The van der Waals surface area contributed by atoms with Crippen molar-refractivity contribution in [2.75, 3.05) is 10.6 Å². The Balaban J connectivity index is 1.44. The predicted octanol–water partition coefficient (Wildman–Crippen LogP) is 5.48. The van der Waals surface area contributed by atoms with E-state index in [0.717, 1.165) is 28.3 Å². The molecule has 0 saturated heterocycles. The van der Waals surface area contributed by atoms with Gasteiger partial charge in [0, 0.05) is 24.2 Å². The van der Waals surface area contributed by atoms with Gasteiger partial charge in [0.05, 0.1) is 45.4 Å². The highest BCUT2D eigenvalue weighted by Crippen LogP contribution is 2.39. The summed E-state index contributed by atoms with van der Waals surface area (Å²) < 4.78 is 42.1. The molecule has 0 fully saturated rings. The zero-order valence-corrected chi connectivity index (χ0v) is 19.3. The standard InChI is InChI=1S/C21H14ClF3N8OS/c1-33-9-11(7-27-33)18(34)28-16-6-10(2-3-13(16)21(23,24)25)19-31-32-20(35-19)29-15-5-4-14-12(17(15)22)8-26-30-14/h2-9H,1H3,(H,26,30)(H,28,34)(H,29,32). The number of rotatable bonds is 5. The van der Waals surface area contributed by atoms with Gasteiger partial charge < -0.3 is 10.6 Å². The number of nitrogens with one attached hydrogen (secondary N) is 3. The number of anilines is 3. The summed E-state index contributed by atoms with van der Waals surface area (Å²) in [6.45, 7) is 0. The third-order valence-electron chi connectivity index (χ3n) is 5.01. The van der Waals surface area contributed by atoms with Crippen LogP contribution in [-0.4, -0.2) is 36.1 Å². The van der Waals surface area contributed by atoms with E-state index < -0.39 is 23.3 Å². The minimum Gasteiger partial charge on any atom is -0.329 e. The lowest BCUT2D eigenvalue weighted by Crippen LogP contribution is -2.16. The monoisotopic (exact) mass is 518 g/mol. The summed E-state index contributed by atoms with van der Waals surface area (Å²) in [6, 6.07) is 6.93. The Morgan fingerprint density at radius 1 is 1.14 bits per heavy atom. The molecule has 5 rings (SSSR count). The molecule has 1 amide bonds. The van der Waals surface area contributed by atoms with Crippen LogP contribution in [0.25, 0.3) is 21.5 Å². The number of carbonyl (C=O) groups is 1. The second-order valence-electron chi connectivity index (χ2n) is 7.41. The van der Waals surface area contributed by atoms with Crippen molar-refractivity contribution in [3.63, 3.8) is 0 Å².